The van der Waals surface area contributed by atoms with Crippen LogP contribution in [0, 0.1) is 11.3 Å². The Kier molecular flexibility index (Phi) is 9.08. The van der Waals surface area contributed by atoms with Crippen LogP contribution in [0.1, 0.15) is 18.4 Å². The van der Waals surface area contributed by atoms with Crippen molar-refractivity contribution in [1.29, 1.82) is 5.26 Å². The maximum Gasteiger partial charge on any atom is 0.254 e. The second-order valence-electron chi connectivity index (χ2n) is 9.48. The van der Waals surface area contributed by atoms with Crippen LogP contribution in [0.25, 0.3) is 0 Å². The highest BCUT2D eigenvalue weighted by Crippen LogP contribution is 2.43. The fourth-order valence-electron chi connectivity index (χ4n) is 4.86. The van der Waals surface area contributed by atoms with Crippen molar-refractivity contribution in [3.8, 4) is 6.07 Å². The number of thioether (sulfide) groups is 1. The Bertz CT molecular complexity index is 1660. The summed E-state index contributed by atoms with van der Waals surface area (Å²) in [5.74, 6) is -1.19. The van der Waals surface area contributed by atoms with Crippen molar-refractivity contribution in [2.75, 3.05) is 16.0 Å². The number of nitriles is 1. The maximum absolute atomic E-state index is 13.7. The number of benzene rings is 4. The van der Waals surface area contributed by atoms with Crippen LogP contribution in [-0.2, 0) is 9.59 Å². The van der Waals surface area contributed by atoms with E-state index in [1.54, 1.807) is 36.1 Å². The zero-order chi connectivity index (χ0) is 29.5. The van der Waals surface area contributed by atoms with Crippen molar-refractivity contribution in [3.05, 3.63) is 148 Å². The number of halogens is 1. The molecule has 0 unspecified atom stereocenters. The van der Waals surface area contributed by atoms with Crippen LogP contribution in [0.2, 0.25) is 5.02 Å². The van der Waals surface area contributed by atoms with E-state index in [-0.39, 0.29) is 17.6 Å². The molecule has 1 heterocycles. The van der Waals surface area contributed by atoms with Crippen LogP contribution < -0.4 is 15.5 Å². The lowest BCUT2D eigenvalue weighted by Crippen LogP contribution is -2.32. The minimum absolute atomic E-state index is 0.0470. The molecule has 208 valence electrons. The number of carbonyl (C=O) groups excluding carboxylic acids is 2. The first-order valence-corrected chi connectivity index (χ1v) is 14.6. The van der Waals surface area contributed by atoms with Crippen LogP contribution in [0.5, 0.6) is 0 Å². The molecule has 2 N–H and O–H groups in total. The molecule has 1 aliphatic heterocycles. The molecule has 0 spiro atoms. The van der Waals surface area contributed by atoms with E-state index in [0.29, 0.717) is 38.1 Å². The Morgan fingerprint density at radius 1 is 0.881 bits per heavy atom. The molecule has 8 heteroatoms. The highest BCUT2D eigenvalue weighted by atomic mass is 35.5. The molecule has 0 aliphatic carbocycles. The summed E-state index contributed by atoms with van der Waals surface area (Å²) in [6.07, 6.45) is 0. The average molecular weight is 591 g/mol. The third kappa shape index (κ3) is 6.26. The second-order valence-corrected chi connectivity index (χ2v) is 10.9. The first kappa shape index (κ1) is 28.7. The highest BCUT2D eigenvalue weighted by Gasteiger charge is 2.36. The molecule has 0 aromatic heterocycles. The number of nitrogens with zero attached hydrogens (tertiary/aromatic N) is 2. The minimum Gasteiger partial charge on any atom is -0.353 e. The molecule has 0 radical (unpaired) electrons. The van der Waals surface area contributed by atoms with E-state index in [2.05, 4.69) is 16.7 Å². The van der Waals surface area contributed by atoms with Crippen molar-refractivity contribution < 1.29 is 9.59 Å². The Balaban J connectivity index is 1.49. The molecule has 4 aromatic carbocycles. The zero-order valence-electron chi connectivity index (χ0n) is 22.8. The van der Waals surface area contributed by atoms with Crippen molar-refractivity contribution >= 4 is 52.2 Å². The molecular formula is C34H27ClN4O2S. The fraction of sp³-hybridized carbons (Fsp3) is 0.0882. The minimum atomic E-state index is -0.731. The third-order valence-electron chi connectivity index (χ3n) is 6.76. The van der Waals surface area contributed by atoms with Gasteiger partial charge in [-0.3, -0.25) is 14.5 Å². The Morgan fingerprint density at radius 2 is 1.43 bits per heavy atom. The van der Waals surface area contributed by atoms with Gasteiger partial charge in [-0.05, 0) is 55.0 Å². The van der Waals surface area contributed by atoms with Crippen LogP contribution in [0.15, 0.2) is 137 Å². The summed E-state index contributed by atoms with van der Waals surface area (Å²) in [5.41, 5.74) is 4.02. The summed E-state index contributed by atoms with van der Waals surface area (Å²) in [5, 5.41) is 17.6. The van der Waals surface area contributed by atoms with Gasteiger partial charge in [0.25, 0.3) is 5.91 Å². The first-order chi connectivity index (χ1) is 20.5. The van der Waals surface area contributed by atoms with E-state index in [9.17, 15) is 14.9 Å². The van der Waals surface area contributed by atoms with Gasteiger partial charge in [0.1, 0.15) is 0 Å². The number of allylic oxidation sites excluding steroid dienone is 2. The summed E-state index contributed by atoms with van der Waals surface area (Å²) in [7, 11) is 0. The molecule has 4 aromatic rings. The Hall–Kier alpha value is -4.77. The normalized spacial score (nSPS) is 14.5. The van der Waals surface area contributed by atoms with Gasteiger partial charge in [0, 0.05) is 33.4 Å². The number of rotatable bonds is 8. The molecule has 1 aliphatic rings. The number of carbonyl (C=O) groups is 2. The van der Waals surface area contributed by atoms with Crippen molar-refractivity contribution in [2.45, 2.75) is 12.8 Å². The highest BCUT2D eigenvalue weighted by molar-refractivity contribution is 8.03. The lowest BCUT2D eigenvalue weighted by molar-refractivity contribution is -0.115. The predicted octanol–water partition coefficient (Wildman–Crippen LogP) is 7.77. The lowest BCUT2D eigenvalue weighted by atomic mass is 9.82. The molecule has 0 fully saturated rings. The molecule has 0 saturated heterocycles. The number of nitrogens with one attached hydrogen (secondary N) is 2. The number of dihydropyridines is 1. The topological polar surface area (TPSA) is 85.2 Å². The van der Waals surface area contributed by atoms with Gasteiger partial charge < -0.3 is 10.6 Å². The number of hydrogen-bond donors (Lipinski definition) is 2. The van der Waals surface area contributed by atoms with Crippen LogP contribution >= 0.6 is 23.4 Å². The summed E-state index contributed by atoms with van der Waals surface area (Å²) >= 11 is 7.86. The van der Waals surface area contributed by atoms with Crippen LogP contribution in [-0.4, -0.2) is 17.6 Å². The second kappa shape index (κ2) is 13.3. The average Bonchev–Trinajstić information content (AvgIpc) is 3.01. The van der Waals surface area contributed by atoms with E-state index >= 15 is 0 Å². The van der Waals surface area contributed by atoms with Gasteiger partial charge in [-0.25, -0.2) is 0 Å². The molecule has 42 heavy (non-hydrogen) atoms. The lowest BCUT2D eigenvalue weighted by Gasteiger charge is -2.30. The SMILES string of the molecule is CC1=C(C(=O)Nc2ccccc2)[C@H](c2ccccc2Cl)C(C#N)=C(SCC(=O)N(c2ccccc2)c2ccccc2)N1. The summed E-state index contributed by atoms with van der Waals surface area (Å²) in [6.45, 7) is 1.79. The number of para-hydroxylation sites is 3. The van der Waals surface area contributed by atoms with Crippen LogP contribution in [0.3, 0.4) is 0 Å². The van der Waals surface area contributed by atoms with E-state index < -0.39 is 5.92 Å². The fourth-order valence-corrected chi connectivity index (χ4v) is 6.04. The smallest absolute Gasteiger partial charge is 0.254 e. The molecule has 5 rings (SSSR count). The van der Waals surface area contributed by atoms with E-state index in [0.717, 1.165) is 11.4 Å². The van der Waals surface area contributed by atoms with Gasteiger partial charge in [0.15, 0.2) is 0 Å². The number of amides is 2. The first-order valence-electron chi connectivity index (χ1n) is 13.3. The molecule has 6 nitrogen and oxygen atoms in total. The molecule has 0 saturated carbocycles. The van der Waals surface area contributed by atoms with Gasteiger partial charge in [-0.15, -0.1) is 0 Å². The maximum atomic E-state index is 13.7. The molecule has 2 amide bonds. The number of anilines is 3. The molecule has 1 atom stereocenters. The summed E-state index contributed by atoms with van der Waals surface area (Å²) < 4.78 is 0. The van der Waals surface area contributed by atoms with E-state index in [1.165, 1.54) is 11.8 Å². The van der Waals surface area contributed by atoms with E-state index in [1.807, 2.05) is 91.0 Å². The van der Waals surface area contributed by atoms with E-state index in [4.69, 9.17) is 11.6 Å². The van der Waals surface area contributed by atoms with Crippen molar-refractivity contribution in [3.63, 3.8) is 0 Å². The van der Waals surface area contributed by atoms with Crippen molar-refractivity contribution in [1.82, 2.24) is 5.32 Å². The van der Waals surface area contributed by atoms with Gasteiger partial charge in [0.05, 0.1) is 28.3 Å². The van der Waals surface area contributed by atoms with Crippen molar-refractivity contribution in [2.24, 2.45) is 0 Å². The Labute approximate surface area is 254 Å². The van der Waals surface area contributed by atoms with Gasteiger partial charge >= 0.3 is 0 Å². The predicted molar refractivity (Wildman–Crippen MR) is 170 cm³/mol. The third-order valence-corrected chi connectivity index (χ3v) is 8.10. The quantitative estimate of drug-likeness (QED) is 0.219. The molecular weight excluding hydrogens is 564 g/mol. The largest absolute Gasteiger partial charge is 0.353 e. The summed E-state index contributed by atoms with van der Waals surface area (Å²) in [6, 6.07) is 37.5. The van der Waals surface area contributed by atoms with Gasteiger partial charge in [0.2, 0.25) is 5.91 Å². The Morgan fingerprint density at radius 3 is 2.00 bits per heavy atom. The molecule has 0 bridgehead atoms. The standard InChI is InChI=1S/C34H27ClN4O2S/c1-23-31(33(41)38-24-13-5-2-6-14-24)32(27-19-11-12-20-29(27)35)28(21-36)34(37-23)42-22-30(40)39(25-15-7-3-8-16-25)26-17-9-4-10-18-26/h2-20,32,37H,22H2,1H3,(H,38,41)/t32-/m1/s1. The van der Waals surface area contributed by atoms with Gasteiger partial charge in [-0.2, -0.15) is 5.26 Å². The van der Waals surface area contributed by atoms with Gasteiger partial charge in [-0.1, -0.05) is 96.2 Å². The zero-order valence-corrected chi connectivity index (χ0v) is 24.3. The summed E-state index contributed by atoms with van der Waals surface area (Å²) in [4.78, 5) is 29.0. The number of hydrogen-bond acceptors (Lipinski definition) is 5. The van der Waals surface area contributed by atoms with Crippen LogP contribution in [0.4, 0.5) is 17.1 Å². The monoisotopic (exact) mass is 590 g/mol.